The van der Waals surface area contributed by atoms with Crippen LogP contribution < -0.4 is 0 Å². The van der Waals surface area contributed by atoms with Crippen LogP contribution in [0.2, 0.25) is 0 Å². The van der Waals surface area contributed by atoms with Crippen molar-refractivity contribution in [3.05, 3.63) is 34.6 Å². The van der Waals surface area contributed by atoms with E-state index < -0.39 is 5.97 Å². The van der Waals surface area contributed by atoms with E-state index in [1.54, 1.807) is 6.92 Å². The first-order chi connectivity index (χ1) is 7.00. The number of aryl methyl sites for hydroxylation is 3. The summed E-state index contributed by atoms with van der Waals surface area (Å²) in [7, 11) is 0. The summed E-state index contributed by atoms with van der Waals surface area (Å²) in [5, 5.41) is 9.85. The van der Waals surface area contributed by atoms with Crippen molar-refractivity contribution in [1.82, 2.24) is 0 Å². The van der Waals surface area contributed by atoms with Gasteiger partial charge in [-0.2, -0.15) is 0 Å². The summed E-state index contributed by atoms with van der Waals surface area (Å²) in [4.78, 5) is 10.9. The van der Waals surface area contributed by atoms with Gasteiger partial charge in [-0.3, -0.25) is 0 Å². The molecule has 2 rings (SSSR count). The van der Waals surface area contributed by atoms with Crippen LogP contribution in [0, 0.1) is 20.8 Å². The van der Waals surface area contributed by atoms with Crippen molar-refractivity contribution in [2.24, 2.45) is 0 Å². The molecule has 2 aromatic rings. The minimum absolute atomic E-state index is 0.0405. The second-order valence-electron chi connectivity index (χ2n) is 3.82. The molecule has 1 heterocycles. The first-order valence-electron chi connectivity index (χ1n) is 4.74. The molecule has 1 aromatic heterocycles. The van der Waals surface area contributed by atoms with Gasteiger partial charge in [0, 0.05) is 10.9 Å². The normalized spacial score (nSPS) is 10.9. The molecule has 3 heteroatoms. The van der Waals surface area contributed by atoms with Crippen LogP contribution in [0.25, 0.3) is 11.0 Å². The molecular weight excluding hydrogens is 192 g/mol. The number of fused-ring (bicyclic) bond motifs is 1. The monoisotopic (exact) mass is 204 g/mol. The molecule has 0 saturated carbocycles. The standard InChI is InChI=1S/C12H12O3/c1-6-4-7(2)10-8(3)11(12(13)14)15-9(10)5-6/h4-5H,1-3H3,(H,13,14). The van der Waals surface area contributed by atoms with Gasteiger partial charge < -0.3 is 9.52 Å². The predicted molar refractivity (Wildman–Crippen MR) is 57.4 cm³/mol. The van der Waals surface area contributed by atoms with Crippen molar-refractivity contribution < 1.29 is 14.3 Å². The maximum Gasteiger partial charge on any atom is 0.372 e. The van der Waals surface area contributed by atoms with Crippen LogP contribution in [-0.4, -0.2) is 11.1 Å². The fourth-order valence-corrected chi connectivity index (χ4v) is 1.99. The number of carboxylic acids is 1. The minimum atomic E-state index is -1.01. The molecule has 0 aliphatic heterocycles. The third-order valence-electron chi connectivity index (χ3n) is 2.57. The fraction of sp³-hybridized carbons (Fsp3) is 0.250. The molecule has 0 bridgehead atoms. The van der Waals surface area contributed by atoms with Crippen molar-refractivity contribution in [3.63, 3.8) is 0 Å². The fourth-order valence-electron chi connectivity index (χ4n) is 1.99. The maximum absolute atomic E-state index is 10.9. The number of aromatic carboxylic acids is 1. The number of furan rings is 1. The van der Waals surface area contributed by atoms with Crippen LogP contribution in [0.1, 0.15) is 27.2 Å². The number of hydrogen-bond donors (Lipinski definition) is 1. The lowest BCUT2D eigenvalue weighted by Gasteiger charge is -1.98. The topological polar surface area (TPSA) is 50.4 Å². The SMILES string of the molecule is Cc1cc(C)c2c(C)c(C(=O)O)oc2c1. The number of carboxylic acid groups (broad SMARTS) is 1. The van der Waals surface area contributed by atoms with E-state index >= 15 is 0 Å². The Morgan fingerprint density at radius 2 is 1.93 bits per heavy atom. The molecule has 0 aliphatic carbocycles. The van der Waals surface area contributed by atoms with Gasteiger partial charge in [0.05, 0.1) is 0 Å². The van der Waals surface area contributed by atoms with Crippen molar-refractivity contribution in [1.29, 1.82) is 0 Å². The van der Waals surface area contributed by atoms with Gasteiger partial charge in [0.25, 0.3) is 0 Å². The van der Waals surface area contributed by atoms with Crippen LogP contribution in [0.4, 0.5) is 0 Å². The highest BCUT2D eigenvalue weighted by Gasteiger charge is 2.17. The first kappa shape index (κ1) is 9.77. The molecule has 0 spiro atoms. The summed E-state index contributed by atoms with van der Waals surface area (Å²) in [5.74, 6) is -0.973. The lowest BCUT2D eigenvalue weighted by molar-refractivity contribution is 0.0664. The summed E-state index contributed by atoms with van der Waals surface area (Å²) in [6, 6.07) is 3.89. The van der Waals surface area contributed by atoms with E-state index in [0.717, 1.165) is 16.5 Å². The van der Waals surface area contributed by atoms with Gasteiger partial charge in [0.2, 0.25) is 5.76 Å². The summed E-state index contributed by atoms with van der Waals surface area (Å²) >= 11 is 0. The lowest BCUT2D eigenvalue weighted by Crippen LogP contribution is -1.95. The molecule has 1 aromatic carbocycles. The molecule has 0 atom stereocenters. The Morgan fingerprint density at radius 3 is 2.53 bits per heavy atom. The molecule has 0 unspecified atom stereocenters. The Morgan fingerprint density at radius 1 is 1.27 bits per heavy atom. The average molecular weight is 204 g/mol. The van der Waals surface area contributed by atoms with Gasteiger partial charge in [-0.15, -0.1) is 0 Å². The summed E-state index contributed by atoms with van der Waals surface area (Å²) in [6.45, 7) is 5.70. The highest BCUT2D eigenvalue weighted by Crippen LogP contribution is 2.29. The van der Waals surface area contributed by atoms with Crippen molar-refractivity contribution in [3.8, 4) is 0 Å². The Bertz CT molecular complexity index is 549. The van der Waals surface area contributed by atoms with E-state index in [0.29, 0.717) is 11.1 Å². The zero-order valence-corrected chi connectivity index (χ0v) is 8.92. The van der Waals surface area contributed by atoms with Crippen LogP contribution in [0.3, 0.4) is 0 Å². The molecule has 1 N–H and O–H groups in total. The number of benzene rings is 1. The third-order valence-corrected chi connectivity index (χ3v) is 2.57. The maximum atomic E-state index is 10.9. The Labute approximate surface area is 87.3 Å². The highest BCUT2D eigenvalue weighted by atomic mass is 16.4. The first-order valence-corrected chi connectivity index (χ1v) is 4.74. The summed E-state index contributed by atoms with van der Waals surface area (Å²) < 4.78 is 5.32. The Balaban J connectivity index is 2.88. The average Bonchev–Trinajstić information content (AvgIpc) is 2.42. The van der Waals surface area contributed by atoms with E-state index in [9.17, 15) is 4.79 Å². The molecule has 0 fully saturated rings. The third kappa shape index (κ3) is 1.40. The van der Waals surface area contributed by atoms with Gasteiger partial charge in [-0.1, -0.05) is 6.07 Å². The number of hydrogen-bond acceptors (Lipinski definition) is 2. The molecule has 0 amide bonds. The molecular formula is C12H12O3. The van der Waals surface area contributed by atoms with Crippen molar-refractivity contribution in [2.45, 2.75) is 20.8 Å². The molecule has 78 valence electrons. The van der Waals surface area contributed by atoms with E-state index in [2.05, 4.69) is 0 Å². The Kier molecular flexibility index (Phi) is 2.03. The molecule has 0 aliphatic rings. The molecule has 0 radical (unpaired) electrons. The summed E-state index contributed by atoms with van der Waals surface area (Å²) in [5.41, 5.74) is 3.49. The number of carbonyl (C=O) groups is 1. The van der Waals surface area contributed by atoms with Gasteiger partial charge in [0.1, 0.15) is 5.58 Å². The van der Waals surface area contributed by atoms with Crippen LogP contribution in [-0.2, 0) is 0 Å². The van der Waals surface area contributed by atoms with E-state index in [-0.39, 0.29) is 5.76 Å². The zero-order chi connectivity index (χ0) is 11.2. The van der Waals surface area contributed by atoms with E-state index in [1.165, 1.54) is 0 Å². The van der Waals surface area contributed by atoms with Crippen molar-refractivity contribution >= 4 is 16.9 Å². The van der Waals surface area contributed by atoms with Gasteiger partial charge in [-0.05, 0) is 38.0 Å². The zero-order valence-electron chi connectivity index (χ0n) is 8.92. The van der Waals surface area contributed by atoms with Crippen LogP contribution in [0.5, 0.6) is 0 Å². The number of rotatable bonds is 1. The van der Waals surface area contributed by atoms with Crippen LogP contribution in [0.15, 0.2) is 16.5 Å². The van der Waals surface area contributed by atoms with E-state index in [4.69, 9.17) is 9.52 Å². The van der Waals surface area contributed by atoms with E-state index in [1.807, 2.05) is 26.0 Å². The second kappa shape index (κ2) is 3.12. The largest absolute Gasteiger partial charge is 0.475 e. The molecule has 3 nitrogen and oxygen atoms in total. The summed E-state index contributed by atoms with van der Waals surface area (Å²) in [6.07, 6.45) is 0. The molecule has 15 heavy (non-hydrogen) atoms. The highest BCUT2D eigenvalue weighted by molar-refractivity contribution is 5.96. The van der Waals surface area contributed by atoms with Gasteiger partial charge >= 0.3 is 5.97 Å². The quantitative estimate of drug-likeness (QED) is 0.776. The van der Waals surface area contributed by atoms with Gasteiger partial charge in [0.15, 0.2) is 0 Å². The molecule has 0 saturated heterocycles. The minimum Gasteiger partial charge on any atom is -0.475 e. The van der Waals surface area contributed by atoms with Crippen molar-refractivity contribution in [2.75, 3.05) is 0 Å². The lowest BCUT2D eigenvalue weighted by atomic mass is 10.0. The Hall–Kier alpha value is -1.77. The van der Waals surface area contributed by atoms with Gasteiger partial charge in [-0.25, -0.2) is 4.79 Å². The second-order valence-corrected chi connectivity index (χ2v) is 3.82. The smallest absolute Gasteiger partial charge is 0.372 e. The van der Waals surface area contributed by atoms with Crippen LogP contribution >= 0.6 is 0 Å². The predicted octanol–water partition coefficient (Wildman–Crippen LogP) is 3.06.